The molecular formula is C14H17NO. The van der Waals surface area contributed by atoms with Gasteiger partial charge in [0.15, 0.2) is 0 Å². The van der Waals surface area contributed by atoms with Crippen LogP contribution in [0.2, 0.25) is 0 Å². The van der Waals surface area contributed by atoms with Crippen LogP contribution in [0.3, 0.4) is 0 Å². The van der Waals surface area contributed by atoms with Crippen LogP contribution in [0.1, 0.15) is 30.5 Å². The molecule has 1 aliphatic heterocycles. The third kappa shape index (κ3) is 2.20. The average molecular weight is 215 g/mol. The lowest BCUT2D eigenvalue weighted by Crippen LogP contribution is -2.15. The van der Waals surface area contributed by atoms with Crippen molar-refractivity contribution in [3.63, 3.8) is 0 Å². The quantitative estimate of drug-likeness (QED) is 0.781. The van der Waals surface area contributed by atoms with Gasteiger partial charge in [0.2, 0.25) is 0 Å². The van der Waals surface area contributed by atoms with Crippen molar-refractivity contribution in [2.75, 3.05) is 13.7 Å². The molecule has 2 nitrogen and oxygen atoms in total. The average Bonchev–Trinajstić information content (AvgIpc) is 2.77. The molecule has 2 heteroatoms. The lowest BCUT2D eigenvalue weighted by Gasteiger charge is -2.14. The van der Waals surface area contributed by atoms with Crippen LogP contribution in [0.4, 0.5) is 0 Å². The van der Waals surface area contributed by atoms with E-state index in [1.165, 1.54) is 11.1 Å². The van der Waals surface area contributed by atoms with Crippen LogP contribution in [-0.2, 0) is 6.42 Å². The van der Waals surface area contributed by atoms with E-state index in [0.717, 1.165) is 25.2 Å². The first-order valence-electron chi connectivity index (χ1n) is 5.67. The molecule has 0 amide bonds. The summed E-state index contributed by atoms with van der Waals surface area (Å²) in [5.41, 5.74) is 2.62. The van der Waals surface area contributed by atoms with E-state index in [1.807, 2.05) is 14.0 Å². The van der Waals surface area contributed by atoms with Crippen LogP contribution in [0.5, 0.6) is 5.75 Å². The summed E-state index contributed by atoms with van der Waals surface area (Å²) in [5, 5.41) is 3.30. The van der Waals surface area contributed by atoms with Gasteiger partial charge >= 0.3 is 0 Å². The summed E-state index contributed by atoms with van der Waals surface area (Å²) < 4.78 is 5.50. The molecule has 0 aromatic heterocycles. The Bertz CT molecular complexity index is 428. The molecule has 0 spiro atoms. The Morgan fingerprint density at radius 3 is 3.12 bits per heavy atom. The summed E-state index contributed by atoms with van der Waals surface area (Å²) in [6.45, 7) is 2.70. The Kier molecular flexibility index (Phi) is 3.48. The molecule has 0 radical (unpaired) electrons. The van der Waals surface area contributed by atoms with Crippen LogP contribution in [0.15, 0.2) is 18.2 Å². The van der Waals surface area contributed by atoms with Crippen LogP contribution in [0, 0.1) is 11.8 Å². The second-order valence-corrected chi connectivity index (χ2v) is 3.94. The minimum absolute atomic E-state index is 0.318. The summed E-state index contributed by atoms with van der Waals surface area (Å²) in [7, 11) is 1.98. The van der Waals surface area contributed by atoms with Crippen molar-refractivity contribution in [2.24, 2.45) is 0 Å². The Hall–Kier alpha value is -1.46. The van der Waals surface area contributed by atoms with E-state index in [9.17, 15) is 0 Å². The number of ether oxygens (including phenoxy) is 1. The van der Waals surface area contributed by atoms with Gasteiger partial charge in [0.25, 0.3) is 0 Å². The highest BCUT2D eigenvalue weighted by Gasteiger charge is 2.15. The Morgan fingerprint density at radius 1 is 1.50 bits per heavy atom. The second kappa shape index (κ2) is 5.05. The lowest BCUT2D eigenvalue weighted by molar-refractivity contribution is 0.356. The van der Waals surface area contributed by atoms with Gasteiger partial charge in [-0.05, 0) is 31.2 Å². The van der Waals surface area contributed by atoms with Gasteiger partial charge in [-0.3, -0.25) is 0 Å². The van der Waals surface area contributed by atoms with Crippen LogP contribution in [0.25, 0.3) is 0 Å². The van der Waals surface area contributed by atoms with Gasteiger partial charge in [-0.2, -0.15) is 0 Å². The number of benzene rings is 1. The molecule has 1 atom stereocenters. The van der Waals surface area contributed by atoms with Crippen LogP contribution >= 0.6 is 0 Å². The SMILES string of the molecule is CC#CCC(NC)c1ccc2c(c1)CCO2. The number of nitrogens with one attached hydrogen (secondary N) is 1. The number of hydrogen-bond acceptors (Lipinski definition) is 2. The molecule has 84 valence electrons. The summed E-state index contributed by atoms with van der Waals surface area (Å²) in [6.07, 6.45) is 1.88. The van der Waals surface area contributed by atoms with Gasteiger partial charge in [0.1, 0.15) is 5.75 Å². The summed E-state index contributed by atoms with van der Waals surface area (Å²) in [4.78, 5) is 0. The Balaban J connectivity index is 2.20. The van der Waals surface area contributed by atoms with E-state index in [-0.39, 0.29) is 0 Å². The van der Waals surface area contributed by atoms with Crippen LogP contribution in [-0.4, -0.2) is 13.7 Å². The molecule has 0 fully saturated rings. The molecule has 0 saturated carbocycles. The number of hydrogen-bond donors (Lipinski definition) is 1. The van der Waals surface area contributed by atoms with Crippen molar-refractivity contribution in [3.05, 3.63) is 29.3 Å². The van der Waals surface area contributed by atoms with Crippen molar-refractivity contribution < 1.29 is 4.74 Å². The molecule has 0 saturated heterocycles. The first-order valence-corrected chi connectivity index (χ1v) is 5.67. The highest BCUT2D eigenvalue weighted by molar-refractivity contribution is 5.41. The van der Waals surface area contributed by atoms with Gasteiger partial charge in [-0.15, -0.1) is 11.8 Å². The molecular weight excluding hydrogens is 198 g/mol. The maximum Gasteiger partial charge on any atom is 0.122 e. The molecule has 1 N–H and O–H groups in total. The fraction of sp³-hybridized carbons (Fsp3) is 0.429. The highest BCUT2D eigenvalue weighted by Crippen LogP contribution is 2.28. The summed E-state index contributed by atoms with van der Waals surface area (Å²) >= 11 is 0. The molecule has 1 heterocycles. The van der Waals surface area contributed by atoms with Gasteiger partial charge in [-0.1, -0.05) is 12.1 Å². The largest absolute Gasteiger partial charge is 0.493 e. The Labute approximate surface area is 97.0 Å². The lowest BCUT2D eigenvalue weighted by atomic mass is 10.0. The number of rotatable bonds is 3. The van der Waals surface area contributed by atoms with E-state index in [0.29, 0.717) is 6.04 Å². The van der Waals surface area contributed by atoms with Crippen molar-refractivity contribution in [3.8, 4) is 17.6 Å². The van der Waals surface area contributed by atoms with E-state index in [1.54, 1.807) is 0 Å². The topological polar surface area (TPSA) is 21.3 Å². The van der Waals surface area contributed by atoms with Crippen molar-refractivity contribution in [1.29, 1.82) is 0 Å². The molecule has 1 unspecified atom stereocenters. The van der Waals surface area contributed by atoms with E-state index >= 15 is 0 Å². The maximum atomic E-state index is 5.50. The maximum absolute atomic E-state index is 5.50. The minimum atomic E-state index is 0.318. The third-order valence-corrected chi connectivity index (χ3v) is 2.95. The zero-order chi connectivity index (χ0) is 11.4. The zero-order valence-corrected chi connectivity index (χ0v) is 9.84. The third-order valence-electron chi connectivity index (χ3n) is 2.95. The standard InChI is InChI=1S/C14H17NO/c1-3-4-5-13(15-2)11-6-7-14-12(10-11)8-9-16-14/h6-7,10,13,15H,5,8-9H2,1-2H3. The summed E-state index contributed by atoms with van der Waals surface area (Å²) in [5.74, 6) is 7.10. The molecule has 1 aromatic carbocycles. The van der Waals surface area contributed by atoms with Crippen molar-refractivity contribution in [1.82, 2.24) is 5.32 Å². The monoisotopic (exact) mass is 215 g/mol. The minimum Gasteiger partial charge on any atom is -0.493 e. The van der Waals surface area contributed by atoms with Crippen LogP contribution < -0.4 is 10.1 Å². The van der Waals surface area contributed by atoms with E-state index in [2.05, 4.69) is 35.4 Å². The first kappa shape index (κ1) is 11.0. The van der Waals surface area contributed by atoms with Crippen molar-refractivity contribution >= 4 is 0 Å². The molecule has 1 aromatic rings. The Morgan fingerprint density at radius 2 is 2.38 bits per heavy atom. The predicted molar refractivity (Wildman–Crippen MR) is 65.5 cm³/mol. The molecule has 16 heavy (non-hydrogen) atoms. The van der Waals surface area contributed by atoms with Gasteiger partial charge in [-0.25, -0.2) is 0 Å². The smallest absolute Gasteiger partial charge is 0.122 e. The van der Waals surface area contributed by atoms with Gasteiger partial charge in [0.05, 0.1) is 6.61 Å². The second-order valence-electron chi connectivity index (χ2n) is 3.94. The summed E-state index contributed by atoms with van der Waals surface area (Å²) in [6, 6.07) is 6.75. The molecule has 0 aliphatic carbocycles. The molecule has 0 bridgehead atoms. The molecule has 1 aliphatic rings. The zero-order valence-electron chi connectivity index (χ0n) is 9.84. The normalized spacial score (nSPS) is 14.6. The fourth-order valence-electron chi connectivity index (χ4n) is 2.01. The first-order chi connectivity index (χ1) is 7.85. The highest BCUT2D eigenvalue weighted by atomic mass is 16.5. The predicted octanol–water partition coefficient (Wildman–Crippen LogP) is 2.30. The number of fused-ring (bicyclic) bond motifs is 1. The molecule has 2 rings (SSSR count). The van der Waals surface area contributed by atoms with Gasteiger partial charge in [0, 0.05) is 18.9 Å². The van der Waals surface area contributed by atoms with Gasteiger partial charge < -0.3 is 10.1 Å². The van der Waals surface area contributed by atoms with Crippen molar-refractivity contribution in [2.45, 2.75) is 25.8 Å². The van der Waals surface area contributed by atoms with E-state index < -0.39 is 0 Å². The fourth-order valence-corrected chi connectivity index (χ4v) is 2.01. The van der Waals surface area contributed by atoms with E-state index in [4.69, 9.17) is 4.74 Å².